The van der Waals surface area contributed by atoms with Crippen LogP contribution >= 0.6 is 0 Å². The molecule has 0 bridgehead atoms. The van der Waals surface area contributed by atoms with E-state index in [0.29, 0.717) is 25.5 Å². The Morgan fingerprint density at radius 2 is 2.20 bits per heavy atom. The van der Waals surface area contributed by atoms with Crippen molar-refractivity contribution in [3.8, 4) is 0 Å². The molecule has 1 spiro atoms. The average molecular weight is 342 g/mol. The van der Waals surface area contributed by atoms with Crippen molar-refractivity contribution in [3.63, 3.8) is 0 Å². The molecule has 25 heavy (non-hydrogen) atoms. The number of piperidine rings is 1. The predicted octanol–water partition coefficient (Wildman–Crippen LogP) is 1.83. The van der Waals surface area contributed by atoms with E-state index in [0.717, 1.165) is 38.3 Å². The average Bonchev–Trinajstić information content (AvgIpc) is 3.12. The highest BCUT2D eigenvalue weighted by Crippen LogP contribution is 2.34. The van der Waals surface area contributed by atoms with Gasteiger partial charge in [-0.25, -0.2) is 4.98 Å². The van der Waals surface area contributed by atoms with E-state index in [9.17, 15) is 4.79 Å². The Bertz CT molecular complexity index is 706. The second-order valence-electron chi connectivity index (χ2n) is 6.85. The summed E-state index contributed by atoms with van der Waals surface area (Å²) in [6.45, 7) is 4.34. The predicted molar refractivity (Wildman–Crippen MR) is 91.3 cm³/mol. The summed E-state index contributed by atoms with van der Waals surface area (Å²) in [6, 6.07) is 3.47. The van der Waals surface area contributed by atoms with Crippen LogP contribution < -0.4 is 4.90 Å². The fourth-order valence-electron chi connectivity index (χ4n) is 3.83. The van der Waals surface area contributed by atoms with Gasteiger partial charge in [-0.15, -0.1) is 0 Å². The van der Waals surface area contributed by atoms with Crippen LogP contribution in [0.5, 0.6) is 0 Å². The number of carbonyl (C=O) groups is 1. The second-order valence-corrected chi connectivity index (χ2v) is 6.85. The van der Waals surface area contributed by atoms with E-state index in [4.69, 9.17) is 9.15 Å². The molecule has 2 fully saturated rings. The van der Waals surface area contributed by atoms with E-state index in [2.05, 4.69) is 14.9 Å². The molecular weight excluding hydrogens is 320 g/mol. The van der Waals surface area contributed by atoms with Crippen LogP contribution in [0.15, 0.2) is 41.4 Å². The first-order valence-electron chi connectivity index (χ1n) is 8.67. The number of anilines is 1. The molecule has 2 aromatic heterocycles. The summed E-state index contributed by atoms with van der Waals surface area (Å²) in [6.07, 6.45) is 8.71. The van der Waals surface area contributed by atoms with Crippen LogP contribution in [-0.2, 0) is 4.74 Å². The molecule has 1 atom stereocenters. The molecule has 2 aliphatic rings. The van der Waals surface area contributed by atoms with Gasteiger partial charge >= 0.3 is 0 Å². The Kier molecular flexibility index (Phi) is 4.40. The molecule has 0 N–H and O–H groups in total. The third kappa shape index (κ3) is 3.37. The molecule has 1 amide bonds. The summed E-state index contributed by atoms with van der Waals surface area (Å²) in [5.41, 5.74) is -0.0888. The van der Waals surface area contributed by atoms with Gasteiger partial charge in [0.25, 0.3) is 5.91 Å². The summed E-state index contributed by atoms with van der Waals surface area (Å²) in [5, 5.41) is 0. The molecular formula is C18H22N4O3. The lowest BCUT2D eigenvalue weighted by Crippen LogP contribution is -2.52. The monoisotopic (exact) mass is 342 g/mol. The number of amides is 1. The number of likely N-dealkylation sites (tertiary alicyclic amines) is 1. The molecule has 0 unspecified atom stereocenters. The first-order chi connectivity index (χ1) is 12.3. The van der Waals surface area contributed by atoms with Crippen LogP contribution in [0.4, 0.5) is 5.82 Å². The number of carbonyl (C=O) groups excluding carboxylic acids is 1. The maximum Gasteiger partial charge on any atom is 0.289 e. The SMILES string of the molecule is O=C(c1ccco1)N1CCC[C@@]2(COCCN(c3cnccn3)C2)C1. The third-order valence-electron chi connectivity index (χ3n) is 4.99. The minimum Gasteiger partial charge on any atom is -0.459 e. The maximum atomic E-state index is 12.7. The highest BCUT2D eigenvalue weighted by atomic mass is 16.5. The first kappa shape index (κ1) is 16.1. The molecule has 0 aromatic carbocycles. The van der Waals surface area contributed by atoms with E-state index < -0.39 is 0 Å². The molecule has 2 aromatic rings. The standard InChI is InChI=1S/C18H22N4O3/c23-17(15-3-1-9-25-15)22-7-2-4-18(13-22)12-21(8-10-24-14-18)16-11-19-5-6-20-16/h1,3,5-6,9,11H,2,4,7-8,10,12-14H2/t18-/m0/s1. The second kappa shape index (κ2) is 6.84. The van der Waals surface area contributed by atoms with Gasteiger partial charge in [0.15, 0.2) is 5.76 Å². The fraction of sp³-hybridized carbons (Fsp3) is 0.500. The van der Waals surface area contributed by atoms with Gasteiger partial charge in [-0.2, -0.15) is 0 Å². The molecule has 4 rings (SSSR count). The highest BCUT2D eigenvalue weighted by molar-refractivity contribution is 5.91. The van der Waals surface area contributed by atoms with Crippen molar-refractivity contribution in [1.82, 2.24) is 14.9 Å². The summed E-state index contributed by atoms with van der Waals surface area (Å²) >= 11 is 0. The van der Waals surface area contributed by atoms with E-state index >= 15 is 0 Å². The number of aromatic nitrogens is 2. The van der Waals surface area contributed by atoms with Crippen LogP contribution in [0.2, 0.25) is 0 Å². The number of hydrogen-bond donors (Lipinski definition) is 0. The van der Waals surface area contributed by atoms with Crippen molar-refractivity contribution in [2.45, 2.75) is 12.8 Å². The van der Waals surface area contributed by atoms with Crippen LogP contribution in [0, 0.1) is 5.41 Å². The van der Waals surface area contributed by atoms with E-state index in [-0.39, 0.29) is 11.3 Å². The van der Waals surface area contributed by atoms with Gasteiger partial charge in [-0.05, 0) is 25.0 Å². The molecule has 2 saturated heterocycles. The molecule has 7 heteroatoms. The number of ether oxygens (including phenoxy) is 1. The fourth-order valence-corrected chi connectivity index (χ4v) is 3.83. The van der Waals surface area contributed by atoms with Crippen LogP contribution in [0.3, 0.4) is 0 Å². The van der Waals surface area contributed by atoms with Crippen LogP contribution in [-0.4, -0.2) is 60.2 Å². The lowest BCUT2D eigenvalue weighted by atomic mass is 9.80. The molecule has 7 nitrogen and oxygen atoms in total. The Hall–Kier alpha value is -2.41. The Labute approximate surface area is 146 Å². The van der Waals surface area contributed by atoms with E-state index in [1.54, 1.807) is 30.7 Å². The number of rotatable bonds is 2. The zero-order chi connectivity index (χ0) is 17.1. The summed E-state index contributed by atoms with van der Waals surface area (Å²) in [5.74, 6) is 1.22. The molecule has 2 aliphatic heterocycles. The lowest BCUT2D eigenvalue weighted by molar-refractivity contribution is 0.0122. The van der Waals surface area contributed by atoms with Crippen molar-refractivity contribution in [3.05, 3.63) is 42.7 Å². The molecule has 132 valence electrons. The van der Waals surface area contributed by atoms with E-state index in [1.807, 2.05) is 4.90 Å². The minimum absolute atomic E-state index is 0.0422. The molecule has 0 saturated carbocycles. The first-order valence-corrected chi connectivity index (χ1v) is 8.67. The lowest BCUT2D eigenvalue weighted by Gasteiger charge is -2.43. The van der Waals surface area contributed by atoms with Gasteiger partial charge in [-0.3, -0.25) is 9.78 Å². The topological polar surface area (TPSA) is 71.7 Å². The zero-order valence-electron chi connectivity index (χ0n) is 14.1. The summed E-state index contributed by atoms with van der Waals surface area (Å²) in [4.78, 5) is 25.4. The van der Waals surface area contributed by atoms with Gasteiger partial charge < -0.3 is 19.0 Å². The Morgan fingerprint density at radius 3 is 3.00 bits per heavy atom. The normalized spacial score (nSPS) is 24.3. The van der Waals surface area contributed by atoms with Crippen LogP contribution in [0.25, 0.3) is 0 Å². The van der Waals surface area contributed by atoms with Crippen LogP contribution in [0.1, 0.15) is 23.4 Å². The highest BCUT2D eigenvalue weighted by Gasteiger charge is 2.41. The van der Waals surface area contributed by atoms with Gasteiger partial charge in [0.05, 0.1) is 25.7 Å². The third-order valence-corrected chi connectivity index (χ3v) is 4.99. The quantitative estimate of drug-likeness (QED) is 0.829. The van der Waals surface area contributed by atoms with Crippen molar-refractivity contribution in [2.75, 3.05) is 44.3 Å². The Morgan fingerprint density at radius 1 is 1.24 bits per heavy atom. The van der Waals surface area contributed by atoms with Crippen molar-refractivity contribution in [2.24, 2.45) is 5.41 Å². The zero-order valence-corrected chi connectivity index (χ0v) is 14.1. The van der Waals surface area contributed by atoms with Gasteiger partial charge in [-0.1, -0.05) is 0 Å². The molecule has 4 heterocycles. The van der Waals surface area contributed by atoms with Gasteiger partial charge in [0.2, 0.25) is 0 Å². The summed E-state index contributed by atoms with van der Waals surface area (Å²) in [7, 11) is 0. The number of nitrogens with zero attached hydrogens (tertiary/aromatic N) is 4. The minimum atomic E-state index is -0.0888. The number of furan rings is 1. The van der Waals surface area contributed by atoms with Gasteiger partial charge in [0.1, 0.15) is 5.82 Å². The van der Waals surface area contributed by atoms with Crippen molar-refractivity contribution >= 4 is 11.7 Å². The number of hydrogen-bond acceptors (Lipinski definition) is 6. The smallest absolute Gasteiger partial charge is 0.289 e. The molecule has 0 radical (unpaired) electrons. The summed E-state index contributed by atoms with van der Waals surface area (Å²) < 4.78 is 11.2. The maximum absolute atomic E-state index is 12.7. The Balaban J connectivity index is 1.53. The van der Waals surface area contributed by atoms with Crippen molar-refractivity contribution in [1.29, 1.82) is 0 Å². The largest absolute Gasteiger partial charge is 0.459 e. The van der Waals surface area contributed by atoms with Crippen molar-refractivity contribution < 1.29 is 13.9 Å². The van der Waals surface area contributed by atoms with E-state index in [1.165, 1.54) is 6.26 Å². The molecule has 0 aliphatic carbocycles. The van der Waals surface area contributed by atoms with Gasteiger partial charge in [0, 0.05) is 44.0 Å².